The van der Waals surface area contributed by atoms with Crippen molar-refractivity contribution in [1.82, 2.24) is 0 Å². The van der Waals surface area contributed by atoms with Gasteiger partial charge < -0.3 is 4.84 Å². The van der Waals surface area contributed by atoms with Crippen molar-refractivity contribution in [3.63, 3.8) is 0 Å². The number of hydrogen-bond donors (Lipinski definition) is 0. The van der Waals surface area contributed by atoms with E-state index in [9.17, 15) is 5.26 Å². The van der Waals surface area contributed by atoms with E-state index in [2.05, 4.69) is 11.2 Å². The summed E-state index contributed by atoms with van der Waals surface area (Å²) in [6.45, 7) is 0. The number of rotatable bonds is 2. The fraction of sp³-hybridized carbons (Fsp3) is 0.0667. The van der Waals surface area contributed by atoms with Gasteiger partial charge in [0, 0.05) is 10.6 Å². The summed E-state index contributed by atoms with van der Waals surface area (Å²) in [6, 6.07) is 9.48. The van der Waals surface area contributed by atoms with Gasteiger partial charge in [0.2, 0.25) is 0 Å². The third-order valence-corrected chi connectivity index (χ3v) is 2.94. The van der Waals surface area contributed by atoms with E-state index in [1.165, 1.54) is 7.11 Å². The van der Waals surface area contributed by atoms with Crippen LogP contribution < -0.4 is 0 Å². The summed E-state index contributed by atoms with van der Waals surface area (Å²) >= 11 is 6.12. The second-order valence-corrected chi connectivity index (χ2v) is 4.19. The lowest BCUT2D eigenvalue weighted by molar-refractivity contribution is 0.214. The fourth-order valence-corrected chi connectivity index (χ4v) is 1.97. The van der Waals surface area contributed by atoms with Gasteiger partial charge in [-0.2, -0.15) is 5.26 Å². The molecule has 0 aliphatic heterocycles. The van der Waals surface area contributed by atoms with Crippen LogP contribution in [0.1, 0.15) is 5.56 Å². The molecular formula is C15H11ClN2O. The van der Waals surface area contributed by atoms with Crippen LogP contribution in [0.5, 0.6) is 0 Å². The third kappa shape index (κ3) is 2.93. The van der Waals surface area contributed by atoms with Crippen LogP contribution in [0, 0.1) is 11.3 Å². The standard InChI is InChI=1S/C15H11ClN2O/c1-19-18-12-8-6-11(7-9-12)14(10-17)13-4-2-3-5-15(13)16/h2-9H,1H3. The minimum absolute atomic E-state index is 0.537. The van der Waals surface area contributed by atoms with Gasteiger partial charge in [-0.25, -0.2) is 0 Å². The van der Waals surface area contributed by atoms with Gasteiger partial charge in [0.1, 0.15) is 18.9 Å². The molecule has 0 aromatic heterocycles. The molecule has 1 aromatic rings. The van der Waals surface area contributed by atoms with Crippen molar-refractivity contribution in [2.24, 2.45) is 5.16 Å². The van der Waals surface area contributed by atoms with E-state index >= 15 is 0 Å². The Bertz CT molecular complexity index is 630. The molecule has 0 saturated heterocycles. The second kappa shape index (κ2) is 6.03. The maximum Gasteiger partial charge on any atom is 0.106 e. The van der Waals surface area contributed by atoms with Gasteiger partial charge in [0.25, 0.3) is 0 Å². The molecule has 0 N–H and O–H groups in total. The van der Waals surface area contributed by atoms with E-state index in [0.717, 1.165) is 11.1 Å². The van der Waals surface area contributed by atoms with Gasteiger partial charge in [-0.1, -0.05) is 47.1 Å². The largest absolute Gasteiger partial charge is 0.399 e. The highest BCUT2D eigenvalue weighted by molar-refractivity contribution is 6.32. The van der Waals surface area contributed by atoms with Crippen LogP contribution >= 0.6 is 11.6 Å². The van der Waals surface area contributed by atoms with Crippen molar-refractivity contribution >= 4 is 22.9 Å². The summed E-state index contributed by atoms with van der Waals surface area (Å²) in [5.74, 6) is 0. The van der Waals surface area contributed by atoms with E-state index in [1.807, 2.05) is 30.4 Å². The van der Waals surface area contributed by atoms with Gasteiger partial charge >= 0.3 is 0 Å². The lowest BCUT2D eigenvalue weighted by atomic mass is 9.97. The molecule has 1 aliphatic rings. The van der Waals surface area contributed by atoms with Crippen molar-refractivity contribution in [2.75, 3.05) is 7.11 Å². The summed E-state index contributed by atoms with van der Waals surface area (Å²) in [6.07, 6.45) is 7.21. The monoisotopic (exact) mass is 270 g/mol. The number of nitrogens with zero attached hydrogens (tertiary/aromatic N) is 2. The first-order valence-corrected chi connectivity index (χ1v) is 6.00. The highest BCUT2D eigenvalue weighted by atomic mass is 35.5. The second-order valence-electron chi connectivity index (χ2n) is 3.79. The Hall–Kier alpha value is -2.31. The summed E-state index contributed by atoms with van der Waals surface area (Å²) in [4.78, 5) is 4.69. The summed E-state index contributed by atoms with van der Waals surface area (Å²) in [7, 11) is 1.49. The normalized spacial score (nSPS) is 13.1. The van der Waals surface area contributed by atoms with E-state index in [0.29, 0.717) is 16.3 Å². The number of allylic oxidation sites excluding steroid dienone is 6. The van der Waals surface area contributed by atoms with Crippen molar-refractivity contribution in [3.05, 3.63) is 64.7 Å². The van der Waals surface area contributed by atoms with Crippen LogP contribution in [-0.4, -0.2) is 12.8 Å². The zero-order chi connectivity index (χ0) is 13.7. The molecule has 0 heterocycles. The smallest absolute Gasteiger partial charge is 0.106 e. The molecule has 1 aromatic carbocycles. The summed E-state index contributed by atoms with van der Waals surface area (Å²) in [5.41, 5.74) is 2.76. The average molecular weight is 271 g/mol. The Kier molecular flexibility index (Phi) is 4.17. The predicted octanol–water partition coefficient (Wildman–Crippen LogP) is 3.75. The Balaban J connectivity index is 2.45. The minimum Gasteiger partial charge on any atom is -0.399 e. The molecular weight excluding hydrogens is 260 g/mol. The zero-order valence-corrected chi connectivity index (χ0v) is 11.1. The van der Waals surface area contributed by atoms with Gasteiger partial charge in [-0.15, -0.1) is 0 Å². The van der Waals surface area contributed by atoms with Crippen LogP contribution in [0.3, 0.4) is 0 Å². The maximum absolute atomic E-state index is 9.34. The predicted molar refractivity (Wildman–Crippen MR) is 76.7 cm³/mol. The summed E-state index contributed by atoms with van der Waals surface area (Å²) < 4.78 is 0. The van der Waals surface area contributed by atoms with Gasteiger partial charge in [-0.05, 0) is 23.8 Å². The SMILES string of the molecule is CON=C1C=CC(=C(C#N)c2ccccc2Cl)C=C1. The molecule has 19 heavy (non-hydrogen) atoms. The molecule has 3 nitrogen and oxygen atoms in total. The van der Waals surface area contributed by atoms with E-state index < -0.39 is 0 Å². The first-order chi connectivity index (χ1) is 9.26. The first-order valence-electron chi connectivity index (χ1n) is 5.63. The lowest BCUT2D eigenvalue weighted by Gasteiger charge is -2.07. The van der Waals surface area contributed by atoms with Gasteiger partial charge in [0.05, 0.1) is 5.57 Å². The van der Waals surface area contributed by atoms with E-state index in [1.54, 1.807) is 18.2 Å². The Morgan fingerprint density at radius 2 is 1.89 bits per heavy atom. The third-order valence-electron chi connectivity index (χ3n) is 2.61. The van der Waals surface area contributed by atoms with E-state index in [4.69, 9.17) is 16.4 Å². The van der Waals surface area contributed by atoms with Crippen LogP contribution in [0.2, 0.25) is 5.02 Å². The molecule has 2 rings (SSSR count). The quantitative estimate of drug-likeness (QED) is 0.607. The number of halogens is 1. The van der Waals surface area contributed by atoms with Crippen molar-refractivity contribution < 1.29 is 4.84 Å². The van der Waals surface area contributed by atoms with Gasteiger partial charge in [0.15, 0.2) is 0 Å². The van der Waals surface area contributed by atoms with Crippen molar-refractivity contribution in [2.45, 2.75) is 0 Å². The molecule has 94 valence electrons. The van der Waals surface area contributed by atoms with Crippen molar-refractivity contribution in [1.29, 1.82) is 5.26 Å². The highest BCUT2D eigenvalue weighted by Crippen LogP contribution is 2.27. The molecule has 0 spiro atoms. The van der Waals surface area contributed by atoms with Crippen molar-refractivity contribution in [3.8, 4) is 6.07 Å². The van der Waals surface area contributed by atoms with Crippen LogP contribution in [0.4, 0.5) is 0 Å². The number of nitriles is 1. The molecule has 0 fully saturated rings. The highest BCUT2D eigenvalue weighted by Gasteiger charge is 2.10. The van der Waals surface area contributed by atoms with Crippen LogP contribution in [-0.2, 0) is 4.84 Å². The summed E-state index contributed by atoms with van der Waals surface area (Å²) in [5, 5.41) is 13.7. The molecule has 0 radical (unpaired) electrons. The topological polar surface area (TPSA) is 45.4 Å². The molecule has 0 unspecified atom stereocenters. The molecule has 0 saturated carbocycles. The van der Waals surface area contributed by atoms with Crippen LogP contribution in [0.15, 0.2) is 59.3 Å². The maximum atomic E-state index is 9.34. The Morgan fingerprint density at radius 1 is 1.21 bits per heavy atom. The average Bonchev–Trinajstić information content (AvgIpc) is 2.44. The van der Waals surface area contributed by atoms with Gasteiger partial charge in [-0.3, -0.25) is 0 Å². The minimum atomic E-state index is 0.537. The Morgan fingerprint density at radius 3 is 2.47 bits per heavy atom. The van der Waals surface area contributed by atoms with Crippen LogP contribution in [0.25, 0.3) is 5.57 Å². The van der Waals surface area contributed by atoms with E-state index in [-0.39, 0.29) is 0 Å². The molecule has 1 aliphatic carbocycles. The molecule has 0 bridgehead atoms. The number of hydrogen-bond acceptors (Lipinski definition) is 3. The first kappa shape index (κ1) is 13.1. The Labute approximate surface area is 116 Å². The molecule has 4 heteroatoms. The number of oxime groups is 1. The molecule has 0 atom stereocenters. The fourth-order valence-electron chi connectivity index (χ4n) is 1.74. The molecule has 0 amide bonds. The zero-order valence-electron chi connectivity index (χ0n) is 10.3. The lowest BCUT2D eigenvalue weighted by Crippen LogP contribution is -1.96. The number of benzene rings is 1.